The maximum atomic E-state index is 6.27. The van der Waals surface area contributed by atoms with Gasteiger partial charge >= 0.3 is 0 Å². The number of rotatable bonds is 2. The molecule has 0 aliphatic carbocycles. The predicted octanol–water partition coefficient (Wildman–Crippen LogP) is 2.30. The summed E-state index contributed by atoms with van der Waals surface area (Å²) in [5.74, 6) is 0. The van der Waals surface area contributed by atoms with E-state index in [2.05, 4.69) is 13.5 Å². The average Bonchev–Trinajstić information content (AvgIpc) is 2.46. The number of hydrogen-bond acceptors (Lipinski definition) is 3. The molecule has 16 heavy (non-hydrogen) atoms. The van der Waals surface area contributed by atoms with Crippen LogP contribution >= 0.6 is 0 Å². The lowest BCUT2D eigenvalue weighted by molar-refractivity contribution is -0.182. The third kappa shape index (κ3) is 1.71. The van der Waals surface area contributed by atoms with Gasteiger partial charge in [0, 0.05) is 7.85 Å². The van der Waals surface area contributed by atoms with Gasteiger partial charge in [0.1, 0.15) is 5.60 Å². The summed E-state index contributed by atoms with van der Waals surface area (Å²) >= 11 is 0. The first-order valence-corrected chi connectivity index (χ1v) is 6.23. The minimum absolute atomic E-state index is 0. The molecule has 0 aromatic rings. The molecule has 3 fully saturated rings. The number of hydrogen-bond donors (Lipinski definition) is 0. The van der Waals surface area contributed by atoms with E-state index in [1.54, 1.807) is 0 Å². The summed E-state index contributed by atoms with van der Waals surface area (Å²) in [4.78, 5) is 0. The van der Waals surface area contributed by atoms with Crippen molar-refractivity contribution < 1.29 is 15.6 Å². The van der Waals surface area contributed by atoms with Crippen molar-refractivity contribution in [2.75, 3.05) is 13.2 Å². The molecule has 3 nitrogen and oxygen atoms in total. The van der Waals surface area contributed by atoms with Gasteiger partial charge in [0.05, 0.1) is 31.5 Å². The molecule has 0 aromatic carbocycles. The first-order chi connectivity index (χ1) is 7.68. The van der Waals surface area contributed by atoms with Gasteiger partial charge in [0.2, 0.25) is 0 Å². The summed E-state index contributed by atoms with van der Waals surface area (Å²) in [6, 6.07) is 0. The molecule has 3 aliphatic rings. The van der Waals surface area contributed by atoms with Crippen molar-refractivity contribution in [2.24, 2.45) is 0 Å². The van der Waals surface area contributed by atoms with Crippen LogP contribution in [0.5, 0.6) is 0 Å². The Bertz CT molecular complexity index is 307. The molecule has 0 aromatic heterocycles. The molecule has 2 unspecified atom stereocenters. The maximum absolute atomic E-state index is 6.27. The largest absolute Gasteiger partial charge is 0.376 e. The van der Waals surface area contributed by atoms with E-state index < -0.39 is 0 Å². The van der Waals surface area contributed by atoms with E-state index in [9.17, 15) is 0 Å². The monoisotopic (exact) mass is 226 g/mol. The van der Waals surface area contributed by atoms with Crippen LogP contribution in [0.1, 0.15) is 34.0 Å². The Morgan fingerprint density at radius 2 is 2.38 bits per heavy atom. The van der Waals surface area contributed by atoms with Gasteiger partial charge in [-0.1, -0.05) is 5.57 Å². The van der Waals surface area contributed by atoms with Gasteiger partial charge in [-0.25, -0.2) is 0 Å². The lowest BCUT2D eigenvalue weighted by Crippen LogP contribution is -2.52. The molecular weight excluding hydrogens is 204 g/mol. The zero-order valence-corrected chi connectivity index (χ0v) is 9.91. The molecule has 4 atom stereocenters. The summed E-state index contributed by atoms with van der Waals surface area (Å²) in [6.07, 6.45) is 5.04. The minimum Gasteiger partial charge on any atom is -0.376 e. The van der Waals surface area contributed by atoms with Crippen LogP contribution in [0, 0.1) is 0 Å². The number of fused-ring (bicyclic) bond motifs is 1. The maximum Gasteiger partial charge on any atom is 0.120 e. The third-order valence-electron chi connectivity index (χ3n) is 3.90. The topological polar surface area (TPSA) is 27.7 Å². The summed E-state index contributed by atoms with van der Waals surface area (Å²) in [6.45, 7) is 7.49. The molecule has 3 heterocycles. The van der Waals surface area contributed by atoms with Crippen LogP contribution in [0.25, 0.3) is 0 Å². The van der Waals surface area contributed by atoms with Crippen molar-refractivity contribution in [3.05, 3.63) is 12.2 Å². The summed E-state index contributed by atoms with van der Waals surface area (Å²) in [7, 11) is 0. The SMILES string of the molecule is C=C(C)C[C@H]1CCC2OC3COC[C@@]2(C3)O1.[HH]. The second-order valence-electron chi connectivity index (χ2n) is 5.51. The average molecular weight is 226 g/mol. The highest BCUT2D eigenvalue weighted by Gasteiger charge is 2.55. The van der Waals surface area contributed by atoms with E-state index in [1.807, 2.05) is 0 Å². The Balaban J connectivity index is 0.00000108. The zero-order chi connectivity index (χ0) is 11.2. The minimum atomic E-state index is -0.138. The Morgan fingerprint density at radius 3 is 3.19 bits per heavy atom. The lowest BCUT2D eigenvalue weighted by Gasteiger charge is -2.42. The van der Waals surface area contributed by atoms with E-state index >= 15 is 0 Å². The van der Waals surface area contributed by atoms with Crippen LogP contribution in [0.4, 0.5) is 0 Å². The molecule has 0 amide bonds. The second kappa shape index (κ2) is 3.83. The first-order valence-electron chi connectivity index (χ1n) is 6.23. The van der Waals surface area contributed by atoms with Gasteiger partial charge in [-0.05, 0) is 26.2 Å². The normalized spacial score (nSPS) is 46.4. The molecule has 3 heteroatoms. The van der Waals surface area contributed by atoms with E-state index in [4.69, 9.17) is 14.2 Å². The van der Waals surface area contributed by atoms with Crippen molar-refractivity contribution in [3.63, 3.8) is 0 Å². The molecule has 92 valence electrons. The molecule has 0 saturated carbocycles. The van der Waals surface area contributed by atoms with E-state index in [0.29, 0.717) is 12.7 Å². The molecular formula is C13H22O3. The Morgan fingerprint density at radius 1 is 1.50 bits per heavy atom. The highest BCUT2D eigenvalue weighted by Crippen LogP contribution is 2.45. The van der Waals surface area contributed by atoms with E-state index in [0.717, 1.165) is 32.3 Å². The van der Waals surface area contributed by atoms with E-state index in [1.165, 1.54) is 5.57 Å². The second-order valence-corrected chi connectivity index (χ2v) is 5.51. The summed E-state index contributed by atoms with van der Waals surface area (Å²) in [5.41, 5.74) is 1.06. The van der Waals surface area contributed by atoms with Crippen LogP contribution in [0.2, 0.25) is 0 Å². The fourth-order valence-corrected chi connectivity index (χ4v) is 3.28. The molecule has 3 aliphatic heterocycles. The molecule has 0 radical (unpaired) electrons. The molecule has 1 spiro atoms. The first kappa shape index (κ1) is 10.8. The quantitative estimate of drug-likeness (QED) is 0.676. The molecule has 3 saturated heterocycles. The van der Waals surface area contributed by atoms with Gasteiger partial charge in [-0.3, -0.25) is 0 Å². The van der Waals surface area contributed by atoms with Gasteiger partial charge < -0.3 is 14.2 Å². The smallest absolute Gasteiger partial charge is 0.120 e. The van der Waals surface area contributed by atoms with Crippen LogP contribution in [0.3, 0.4) is 0 Å². The van der Waals surface area contributed by atoms with Crippen LogP contribution < -0.4 is 0 Å². The Kier molecular flexibility index (Phi) is 2.57. The molecule has 0 N–H and O–H groups in total. The van der Waals surface area contributed by atoms with Crippen LogP contribution in [0.15, 0.2) is 12.2 Å². The van der Waals surface area contributed by atoms with Crippen molar-refractivity contribution in [1.29, 1.82) is 0 Å². The fourth-order valence-electron chi connectivity index (χ4n) is 3.28. The van der Waals surface area contributed by atoms with Gasteiger partial charge in [0.15, 0.2) is 0 Å². The standard InChI is InChI=1S/C13H20O3.H2/c1-9(2)5-10-3-4-12-13(16-10)6-11(15-12)7-14-8-13;/h10-12H,1,3-8H2,2H3;1H/t10-,11?,12?,13-;/m1./s1. The van der Waals surface area contributed by atoms with Gasteiger partial charge in [0.25, 0.3) is 0 Å². The zero-order valence-electron chi connectivity index (χ0n) is 9.91. The predicted molar refractivity (Wildman–Crippen MR) is 62.5 cm³/mol. The van der Waals surface area contributed by atoms with Crippen molar-refractivity contribution in [3.8, 4) is 0 Å². The van der Waals surface area contributed by atoms with Gasteiger partial charge in [-0.15, -0.1) is 6.58 Å². The van der Waals surface area contributed by atoms with Gasteiger partial charge in [-0.2, -0.15) is 0 Å². The summed E-state index contributed by atoms with van der Waals surface area (Å²) < 4.78 is 17.8. The van der Waals surface area contributed by atoms with Crippen molar-refractivity contribution in [2.45, 2.75) is 56.5 Å². The van der Waals surface area contributed by atoms with Crippen molar-refractivity contribution in [1.82, 2.24) is 0 Å². The number of ether oxygens (including phenoxy) is 3. The van der Waals surface area contributed by atoms with E-state index in [-0.39, 0.29) is 19.2 Å². The highest BCUT2D eigenvalue weighted by atomic mass is 16.6. The highest BCUT2D eigenvalue weighted by molar-refractivity contribution is 5.05. The fraction of sp³-hybridized carbons (Fsp3) is 0.846. The van der Waals surface area contributed by atoms with Crippen LogP contribution in [-0.4, -0.2) is 37.1 Å². The van der Waals surface area contributed by atoms with Crippen LogP contribution in [-0.2, 0) is 14.2 Å². The van der Waals surface area contributed by atoms with Crippen molar-refractivity contribution >= 4 is 0 Å². The third-order valence-corrected chi connectivity index (χ3v) is 3.90. The molecule has 2 bridgehead atoms. The Hall–Kier alpha value is -0.380. The summed E-state index contributed by atoms with van der Waals surface area (Å²) in [5, 5.41) is 0. The Labute approximate surface area is 98.2 Å². The molecule has 3 rings (SSSR count). The lowest BCUT2D eigenvalue weighted by atomic mass is 9.85.